The van der Waals surface area contributed by atoms with Crippen LogP contribution in [0, 0.1) is 0 Å². The summed E-state index contributed by atoms with van der Waals surface area (Å²) >= 11 is 11.2. The van der Waals surface area contributed by atoms with Gasteiger partial charge in [0.1, 0.15) is 4.90 Å². The van der Waals surface area contributed by atoms with Crippen molar-refractivity contribution in [2.24, 2.45) is 5.84 Å². The van der Waals surface area contributed by atoms with Crippen LogP contribution in [0.2, 0.25) is 10.0 Å². The van der Waals surface area contributed by atoms with E-state index in [0.717, 1.165) is 12.1 Å². The summed E-state index contributed by atoms with van der Waals surface area (Å²) in [5, 5.41) is 8.24. The Bertz CT molecular complexity index is 544. The first-order valence-electron chi connectivity index (χ1n) is 3.74. The highest BCUT2D eigenvalue weighted by Crippen LogP contribution is 2.29. The van der Waals surface area contributed by atoms with Crippen LogP contribution in [0.3, 0.4) is 0 Å². The number of carboxylic acid groups (broad SMARTS) is 1. The van der Waals surface area contributed by atoms with E-state index in [-0.39, 0.29) is 5.02 Å². The van der Waals surface area contributed by atoms with Crippen LogP contribution < -0.4 is 10.7 Å². The molecule has 1 aromatic rings. The summed E-state index contributed by atoms with van der Waals surface area (Å²) in [4.78, 5) is 11.8. The van der Waals surface area contributed by atoms with E-state index in [1.165, 1.54) is 4.83 Å². The number of hydrogen-bond acceptors (Lipinski definition) is 4. The number of carbonyl (C=O) groups is 1. The molecule has 0 radical (unpaired) electrons. The van der Waals surface area contributed by atoms with E-state index < -0.39 is 31.5 Å². The third-order valence-corrected chi connectivity index (χ3v) is 3.63. The van der Waals surface area contributed by atoms with Crippen molar-refractivity contribution >= 4 is 39.2 Å². The van der Waals surface area contributed by atoms with Gasteiger partial charge in [-0.2, -0.15) is 4.83 Å². The number of hydrazine groups is 1. The molecule has 0 bridgehead atoms. The van der Waals surface area contributed by atoms with E-state index >= 15 is 0 Å². The quantitative estimate of drug-likeness (QED) is 0.563. The highest BCUT2D eigenvalue weighted by atomic mass is 35.5. The standard InChI is InChI=1S/C7H6Cl2N2O4S/c8-3-1-4(7(12)13)6(9)5(2-3)16(14,15)11-10/h1-2,11H,10H2,(H,12,13). The molecule has 0 aliphatic carbocycles. The Hall–Kier alpha value is -0.860. The maximum atomic E-state index is 11.4. The summed E-state index contributed by atoms with van der Waals surface area (Å²) in [5.41, 5.74) is -0.414. The fourth-order valence-corrected chi connectivity index (χ4v) is 2.51. The lowest BCUT2D eigenvalue weighted by atomic mass is 10.2. The number of halogens is 2. The lowest BCUT2D eigenvalue weighted by molar-refractivity contribution is 0.0697. The van der Waals surface area contributed by atoms with Crippen molar-refractivity contribution in [1.29, 1.82) is 0 Å². The first-order chi connectivity index (χ1) is 7.29. The molecule has 4 N–H and O–H groups in total. The summed E-state index contributed by atoms with van der Waals surface area (Å²) in [6, 6.07) is 2.05. The van der Waals surface area contributed by atoms with Crippen LogP contribution >= 0.6 is 23.2 Å². The first-order valence-corrected chi connectivity index (χ1v) is 5.98. The van der Waals surface area contributed by atoms with Gasteiger partial charge in [-0.25, -0.2) is 13.2 Å². The van der Waals surface area contributed by atoms with Gasteiger partial charge in [0.05, 0.1) is 10.6 Å². The molecule has 1 aromatic carbocycles. The van der Waals surface area contributed by atoms with E-state index in [1.54, 1.807) is 0 Å². The number of nitrogens with one attached hydrogen (secondary N) is 1. The molecular weight excluding hydrogens is 279 g/mol. The molecule has 9 heteroatoms. The zero-order valence-corrected chi connectivity index (χ0v) is 9.90. The molecule has 0 saturated carbocycles. The van der Waals surface area contributed by atoms with E-state index in [1.807, 2.05) is 0 Å². The average Bonchev–Trinajstić information content (AvgIpc) is 2.20. The topological polar surface area (TPSA) is 109 Å². The summed E-state index contributed by atoms with van der Waals surface area (Å²) in [7, 11) is -4.06. The Morgan fingerprint density at radius 1 is 1.38 bits per heavy atom. The minimum atomic E-state index is -4.06. The normalized spacial score (nSPS) is 11.4. The van der Waals surface area contributed by atoms with E-state index in [4.69, 9.17) is 34.2 Å². The lowest BCUT2D eigenvalue weighted by Gasteiger charge is -2.07. The fraction of sp³-hybridized carbons (Fsp3) is 0. The second kappa shape index (κ2) is 4.56. The van der Waals surface area contributed by atoms with Crippen molar-refractivity contribution in [1.82, 2.24) is 4.83 Å². The maximum Gasteiger partial charge on any atom is 0.337 e. The number of benzene rings is 1. The molecule has 0 saturated heterocycles. The van der Waals surface area contributed by atoms with Gasteiger partial charge in [0.25, 0.3) is 10.0 Å². The lowest BCUT2D eigenvalue weighted by Crippen LogP contribution is -2.30. The van der Waals surface area contributed by atoms with Gasteiger partial charge in [-0.3, -0.25) is 5.84 Å². The van der Waals surface area contributed by atoms with Crippen LogP contribution in [-0.4, -0.2) is 19.5 Å². The van der Waals surface area contributed by atoms with Crippen molar-refractivity contribution in [2.45, 2.75) is 4.90 Å². The third kappa shape index (κ3) is 2.45. The molecule has 0 unspecified atom stereocenters. The van der Waals surface area contributed by atoms with E-state index in [2.05, 4.69) is 0 Å². The minimum absolute atomic E-state index is 0.0735. The van der Waals surface area contributed by atoms with Crippen LogP contribution in [0.15, 0.2) is 17.0 Å². The predicted octanol–water partition coefficient (Wildman–Crippen LogP) is 0.844. The van der Waals surface area contributed by atoms with Gasteiger partial charge in [-0.15, -0.1) is 0 Å². The maximum absolute atomic E-state index is 11.4. The number of hydrogen-bond donors (Lipinski definition) is 3. The second-order valence-corrected chi connectivity index (χ2v) is 5.19. The summed E-state index contributed by atoms with van der Waals surface area (Å²) in [6.45, 7) is 0. The van der Waals surface area contributed by atoms with Crippen LogP contribution in [0.1, 0.15) is 10.4 Å². The van der Waals surface area contributed by atoms with Crippen LogP contribution in [-0.2, 0) is 10.0 Å². The fourth-order valence-electron chi connectivity index (χ4n) is 0.979. The molecule has 0 aliphatic heterocycles. The highest BCUT2D eigenvalue weighted by molar-refractivity contribution is 7.89. The van der Waals surface area contributed by atoms with Crippen LogP contribution in [0.25, 0.3) is 0 Å². The average molecular weight is 285 g/mol. The number of aromatic carboxylic acids is 1. The van der Waals surface area contributed by atoms with Crippen molar-refractivity contribution in [3.8, 4) is 0 Å². The Kier molecular flexibility index (Phi) is 3.76. The number of carboxylic acids is 1. The largest absolute Gasteiger partial charge is 0.478 e. The molecule has 0 heterocycles. The molecule has 0 aromatic heterocycles. The summed E-state index contributed by atoms with van der Waals surface area (Å²) < 4.78 is 22.8. The number of rotatable bonds is 3. The summed E-state index contributed by atoms with van der Waals surface area (Å²) in [5.74, 6) is 3.41. The first kappa shape index (κ1) is 13.2. The van der Waals surface area contributed by atoms with Gasteiger partial charge in [0.15, 0.2) is 0 Å². The Labute approximate surface area is 101 Å². The van der Waals surface area contributed by atoms with Crippen molar-refractivity contribution in [2.75, 3.05) is 0 Å². The molecule has 16 heavy (non-hydrogen) atoms. The molecule has 0 aliphatic rings. The predicted molar refractivity (Wildman–Crippen MR) is 57.9 cm³/mol. The third-order valence-electron chi connectivity index (χ3n) is 1.68. The van der Waals surface area contributed by atoms with Crippen molar-refractivity contribution < 1.29 is 18.3 Å². The van der Waals surface area contributed by atoms with Gasteiger partial charge in [0, 0.05) is 5.02 Å². The van der Waals surface area contributed by atoms with E-state index in [9.17, 15) is 13.2 Å². The SMILES string of the molecule is NNS(=O)(=O)c1cc(Cl)cc(C(=O)O)c1Cl. The van der Waals surface area contributed by atoms with Crippen LogP contribution in [0.4, 0.5) is 0 Å². The molecule has 0 fully saturated rings. The Morgan fingerprint density at radius 2 is 1.94 bits per heavy atom. The van der Waals surface area contributed by atoms with E-state index in [0.29, 0.717) is 0 Å². The summed E-state index contributed by atoms with van der Waals surface area (Å²) in [6.07, 6.45) is 0. The van der Waals surface area contributed by atoms with Crippen molar-refractivity contribution in [3.05, 3.63) is 27.7 Å². The minimum Gasteiger partial charge on any atom is -0.478 e. The molecule has 6 nitrogen and oxygen atoms in total. The zero-order chi connectivity index (χ0) is 12.5. The van der Waals surface area contributed by atoms with Gasteiger partial charge in [-0.1, -0.05) is 23.2 Å². The monoisotopic (exact) mass is 284 g/mol. The van der Waals surface area contributed by atoms with Gasteiger partial charge >= 0.3 is 5.97 Å². The molecular formula is C7H6Cl2N2O4S. The highest BCUT2D eigenvalue weighted by Gasteiger charge is 2.22. The van der Waals surface area contributed by atoms with Gasteiger partial charge in [0.2, 0.25) is 0 Å². The molecule has 1 rings (SSSR count). The Morgan fingerprint density at radius 3 is 2.38 bits per heavy atom. The smallest absolute Gasteiger partial charge is 0.337 e. The number of nitrogens with two attached hydrogens (primary N) is 1. The molecule has 0 amide bonds. The van der Waals surface area contributed by atoms with Gasteiger partial charge < -0.3 is 5.11 Å². The van der Waals surface area contributed by atoms with Crippen LogP contribution in [0.5, 0.6) is 0 Å². The second-order valence-electron chi connectivity index (χ2n) is 2.69. The molecule has 88 valence electrons. The molecule has 0 spiro atoms. The Balaban J connectivity index is 3.60. The van der Waals surface area contributed by atoms with Crippen molar-refractivity contribution in [3.63, 3.8) is 0 Å². The molecule has 0 atom stereocenters. The number of sulfonamides is 1. The van der Waals surface area contributed by atoms with Gasteiger partial charge in [-0.05, 0) is 12.1 Å². The zero-order valence-electron chi connectivity index (χ0n) is 7.57.